The van der Waals surface area contributed by atoms with Crippen LogP contribution in [0.25, 0.3) is 11.0 Å². The van der Waals surface area contributed by atoms with E-state index in [0.717, 1.165) is 49.2 Å². The number of fused-ring (bicyclic) bond motifs is 2. The fraction of sp³-hybridized carbons (Fsp3) is 0.364. The number of nitrogens with one attached hydrogen (secondary N) is 1. The van der Waals surface area contributed by atoms with E-state index in [1.165, 1.54) is 3.97 Å². The number of nitrogens with zero attached hydrogens (tertiary/aromatic N) is 3. The second kappa shape index (κ2) is 9.17. The molecule has 1 saturated heterocycles. The molecular weight excluding hydrogens is 432 g/mol. The van der Waals surface area contributed by atoms with Gasteiger partial charge in [0, 0.05) is 31.1 Å². The van der Waals surface area contributed by atoms with Crippen molar-refractivity contribution >= 4 is 33.2 Å². The lowest BCUT2D eigenvalue weighted by Gasteiger charge is -2.27. The molecule has 0 bridgehead atoms. The van der Waals surface area contributed by atoms with Crippen molar-refractivity contribution < 1.29 is 23.1 Å². The number of aromatic nitrogens is 2. The Bertz CT molecular complexity index is 1220. The molecule has 0 radical (unpaired) electrons. The summed E-state index contributed by atoms with van der Waals surface area (Å²) in [5.74, 6) is 0.915. The number of likely N-dealkylation sites (N-methyl/N-ethyl adjacent to an activating group) is 1. The standard InChI is InChI=1S/C21H24N4O3S.CH2O2/c1-24-11-12-28-20-13-16(4-5-18(20)24)29(26,27)25-14-17(15-6-9-22-10-7-15)21-19(25)3-2-8-23-21;2-1-3/h2-5,8,13-15,22H,6-7,9-12H2,1H3;1H,(H,2,3). The first-order chi connectivity index (χ1) is 15.5. The van der Waals surface area contributed by atoms with Gasteiger partial charge in [-0.2, -0.15) is 0 Å². The number of ether oxygens (including phenoxy) is 1. The van der Waals surface area contributed by atoms with Crippen LogP contribution >= 0.6 is 0 Å². The van der Waals surface area contributed by atoms with Gasteiger partial charge in [-0.05, 0) is 56.1 Å². The maximum absolute atomic E-state index is 13.6. The third-order valence-electron chi connectivity index (χ3n) is 5.92. The fourth-order valence-corrected chi connectivity index (χ4v) is 5.68. The Labute approximate surface area is 186 Å². The largest absolute Gasteiger partial charge is 0.490 e. The van der Waals surface area contributed by atoms with E-state index in [9.17, 15) is 8.42 Å². The summed E-state index contributed by atoms with van der Waals surface area (Å²) in [6, 6.07) is 8.72. The quantitative estimate of drug-likeness (QED) is 0.575. The van der Waals surface area contributed by atoms with Crippen LogP contribution in [0, 0.1) is 0 Å². The molecule has 0 aliphatic carbocycles. The van der Waals surface area contributed by atoms with Crippen LogP contribution in [0.2, 0.25) is 0 Å². The van der Waals surface area contributed by atoms with Crippen LogP contribution < -0.4 is 15.0 Å². The summed E-state index contributed by atoms with van der Waals surface area (Å²) in [6.45, 7) is 2.95. The highest BCUT2D eigenvalue weighted by Crippen LogP contribution is 2.36. The van der Waals surface area contributed by atoms with Gasteiger partial charge in [0.1, 0.15) is 12.4 Å². The van der Waals surface area contributed by atoms with Crippen LogP contribution in [0.4, 0.5) is 5.69 Å². The Kier molecular flexibility index (Phi) is 6.33. The van der Waals surface area contributed by atoms with E-state index in [2.05, 4.69) is 15.2 Å². The van der Waals surface area contributed by atoms with Gasteiger partial charge >= 0.3 is 0 Å². The minimum absolute atomic E-state index is 0.226. The lowest BCUT2D eigenvalue weighted by molar-refractivity contribution is -0.122. The zero-order chi connectivity index (χ0) is 22.7. The summed E-state index contributed by atoms with van der Waals surface area (Å²) in [6.07, 6.45) is 5.46. The molecule has 0 amide bonds. The number of hydrogen-bond donors (Lipinski definition) is 2. The third-order valence-corrected chi connectivity index (χ3v) is 7.59. The van der Waals surface area contributed by atoms with Crippen molar-refractivity contribution in [2.45, 2.75) is 23.7 Å². The lowest BCUT2D eigenvalue weighted by atomic mass is 9.91. The van der Waals surface area contributed by atoms with Gasteiger partial charge in [0.05, 0.1) is 28.2 Å². The molecule has 32 heavy (non-hydrogen) atoms. The summed E-state index contributed by atoms with van der Waals surface area (Å²) >= 11 is 0. The molecule has 4 heterocycles. The predicted molar refractivity (Wildman–Crippen MR) is 121 cm³/mol. The van der Waals surface area contributed by atoms with Gasteiger partial charge in [0.25, 0.3) is 16.5 Å². The summed E-state index contributed by atoms with van der Waals surface area (Å²) in [4.78, 5) is 15.2. The number of hydrogen-bond acceptors (Lipinski definition) is 7. The molecular formula is C22H26N4O5S. The van der Waals surface area contributed by atoms with Crippen molar-refractivity contribution in [2.24, 2.45) is 0 Å². The molecule has 2 aromatic heterocycles. The van der Waals surface area contributed by atoms with Gasteiger partial charge in [-0.15, -0.1) is 0 Å². The van der Waals surface area contributed by atoms with Gasteiger partial charge in [-0.1, -0.05) is 0 Å². The normalized spacial score (nSPS) is 16.6. The summed E-state index contributed by atoms with van der Waals surface area (Å²) < 4.78 is 34.2. The van der Waals surface area contributed by atoms with E-state index >= 15 is 0 Å². The first-order valence-electron chi connectivity index (χ1n) is 10.5. The molecule has 2 aliphatic rings. The second-order valence-corrected chi connectivity index (χ2v) is 9.60. The van der Waals surface area contributed by atoms with Crippen molar-refractivity contribution in [1.29, 1.82) is 0 Å². The maximum atomic E-state index is 13.6. The van der Waals surface area contributed by atoms with E-state index < -0.39 is 10.0 Å². The van der Waals surface area contributed by atoms with Gasteiger partial charge < -0.3 is 20.1 Å². The molecule has 5 rings (SSSR count). The summed E-state index contributed by atoms with van der Waals surface area (Å²) in [5.41, 5.74) is 3.32. The second-order valence-electron chi connectivity index (χ2n) is 7.79. The van der Waals surface area contributed by atoms with E-state index in [4.69, 9.17) is 14.6 Å². The Hall–Kier alpha value is -3.11. The zero-order valence-electron chi connectivity index (χ0n) is 17.8. The highest BCUT2D eigenvalue weighted by molar-refractivity contribution is 7.90. The minimum Gasteiger partial charge on any atom is -0.490 e. The monoisotopic (exact) mass is 458 g/mol. The van der Waals surface area contributed by atoms with E-state index in [-0.39, 0.29) is 11.4 Å². The Morgan fingerprint density at radius 2 is 2.00 bits per heavy atom. The van der Waals surface area contributed by atoms with Crippen LogP contribution in [0.3, 0.4) is 0 Å². The van der Waals surface area contributed by atoms with E-state index in [1.54, 1.807) is 30.6 Å². The first-order valence-corrected chi connectivity index (χ1v) is 11.9. The Morgan fingerprint density at radius 1 is 1.25 bits per heavy atom. The molecule has 0 atom stereocenters. The smallest absolute Gasteiger partial charge is 0.290 e. The molecule has 1 fully saturated rings. The van der Waals surface area contributed by atoms with Crippen LogP contribution in [0.5, 0.6) is 5.75 Å². The van der Waals surface area contributed by atoms with Crippen LogP contribution in [0.15, 0.2) is 47.6 Å². The third kappa shape index (κ3) is 4.03. The molecule has 1 aromatic carbocycles. The highest BCUT2D eigenvalue weighted by atomic mass is 32.2. The van der Waals surface area contributed by atoms with Gasteiger partial charge in [-0.25, -0.2) is 12.4 Å². The van der Waals surface area contributed by atoms with Crippen molar-refractivity contribution in [3.63, 3.8) is 0 Å². The molecule has 2 N–H and O–H groups in total. The van der Waals surface area contributed by atoms with Gasteiger partial charge in [0.2, 0.25) is 0 Å². The van der Waals surface area contributed by atoms with Crippen molar-refractivity contribution in [1.82, 2.24) is 14.3 Å². The first kappa shape index (κ1) is 22.1. The summed E-state index contributed by atoms with van der Waals surface area (Å²) in [5, 5.41) is 10.3. The molecule has 3 aromatic rings. The number of piperidine rings is 1. The molecule has 9 nitrogen and oxygen atoms in total. The Balaban J connectivity index is 0.000000775. The number of pyridine rings is 1. The number of anilines is 1. The summed E-state index contributed by atoms with van der Waals surface area (Å²) in [7, 11) is -1.79. The minimum atomic E-state index is -3.77. The van der Waals surface area contributed by atoms with Crippen molar-refractivity contribution in [3.8, 4) is 5.75 Å². The number of carbonyl (C=O) groups is 1. The number of benzene rings is 1. The maximum Gasteiger partial charge on any atom is 0.290 e. The lowest BCUT2D eigenvalue weighted by Crippen LogP contribution is -2.29. The average Bonchev–Trinajstić information content (AvgIpc) is 3.21. The van der Waals surface area contributed by atoms with Crippen LogP contribution in [-0.2, 0) is 14.8 Å². The zero-order valence-corrected chi connectivity index (χ0v) is 18.6. The molecule has 0 saturated carbocycles. The number of carboxylic acid groups (broad SMARTS) is 1. The van der Waals surface area contributed by atoms with Crippen LogP contribution in [-0.4, -0.2) is 62.2 Å². The van der Waals surface area contributed by atoms with E-state index in [1.807, 2.05) is 19.2 Å². The van der Waals surface area contributed by atoms with Crippen molar-refractivity contribution in [2.75, 3.05) is 38.2 Å². The topological polar surface area (TPSA) is 114 Å². The molecule has 0 spiro atoms. The molecule has 170 valence electrons. The van der Waals surface area contributed by atoms with Crippen LogP contribution in [0.1, 0.15) is 24.3 Å². The Morgan fingerprint density at radius 3 is 2.75 bits per heavy atom. The number of rotatable bonds is 3. The highest BCUT2D eigenvalue weighted by Gasteiger charge is 2.27. The van der Waals surface area contributed by atoms with Gasteiger partial charge in [-0.3, -0.25) is 9.78 Å². The molecule has 10 heteroatoms. The molecule has 0 unspecified atom stereocenters. The fourth-order valence-electron chi connectivity index (χ4n) is 4.30. The van der Waals surface area contributed by atoms with Crippen molar-refractivity contribution in [3.05, 3.63) is 48.3 Å². The van der Waals surface area contributed by atoms with Gasteiger partial charge in [0.15, 0.2) is 0 Å². The average molecular weight is 459 g/mol. The van der Waals surface area contributed by atoms with E-state index in [0.29, 0.717) is 23.8 Å². The predicted octanol–water partition coefficient (Wildman–Crippen LogP) is 2.27. The SMILES string of the molecule is CN1CCOc2cc(S(=O)(=O)n3cc(C4CCNCC4)c4ncccc43)ccc21.O=CO. The molecule has 2 aliphatic heterocycles.